The van der Waals surface area contributed by atoms with Crippen LogP contribution >= 0.6 is 0 Å². The summed E-state index contributed by atoms with van der Waals surface area (Å²) in [4.78, 5) is 6.41. The maximum absolute atomic E-state index is 4.02. The van der Waals surface area contributed by atoms with Crippen LogP contribution in [0.25, 0.3) is 0 Å². The maximum atomic E-state index is 4.02. The monoisotopic (exact) mass is 177 g/mol. The van der Waals surface area contributed by atoms with E-state index in [-0.39, 0.29) is 0 Å². The Morgan fingerprint density at radius 3 is 2.92 bits per heavy atom. The smallest absolute Gasteiger partial charge is 0.0398 e. The van der Waals surface area contributed by atoms with Crippen molar-refractivity contribution in [2.45, 2.75) is 13.0 Å². The minimum absolute atomic E-state index is 0.585. The summed E-state index contributed by atoms with van der Waals surface area (Å²) in [5.74, 6) is 0. The fourth-order valence-corrected chi connectivity index (χ4v) is 1.72. The van der Waals surface area contributed by atoms with Crippen LogP contribution in [-0.4, -0.2) is 30.7 Å². The Morgan fingerprint density at radius 1 is 1.46 bits per heavy atom. The number of pyridine rings is 1. The van der Waals surface area contributed by atoms with Gasteiger partial charge >= 0.3 is 0 Å². The van der Waals surface area contributed by atoms with E-state index in [4.69, 9.17) is 0 Å². The molecule has 0 amide bonds. The van der Waals surface area contributed by atoms with E-state index < -0.39 is 0 Å². The van der Waals surface area contributed by atoms with Gasteiger partial charge in [-0.15, -0.1) is 0 Å². The van der Waals surface area contributed by atoms with Crippen molar-refractivity contribution in [3.8, 4) is 0 Å². The third-order valence-electron chi connectivity index (χ3n) is 2.40. The van der Waals surface area contributed by atoms with E-state index in [1.807, 2.05) is 12.4 Å². The highest BCUT2D eigenvalue weighted by Gasteiger charge is 2.14. The average Bonchev–Trinajstić information content (AvgIpc) is 2.19. The van der Waals surface area contributed by atoms with Gasteiger partial charge in [-0.3, -0.25) is 4.98 Å². The Hall–Kier alpha value is -1.09. The molecule has 70 valence electrons. The maximum Gasteiger partial charge on any atom is 0.0398 e. The lowest BCUT2D eigenvalue weighted by Crippen LogP contribution is -2.49. The molecule has 1 aromatic rings. The van der Waals surface area contributed by atoms with E-state index in [0.717, 1.165) is 19.6 Å². The van der Waals surface area contributed by atoms with Gasteiger partial charge in [0.15, 0.2) is 0 Å². The van der Waals surface area contributed by atoms with E-state index >= 15 is 0 Å². The highest BCUT2D eigenvalue weighted by molar-refractivity contribution is 5.45. The van der Waals surface area contributed by atoms with Gasteiger partial charge in [-0.2, -0.15) is 0 Å². The first-order valence-electron chi connectivity index (χ1n) is 4.74. The Labute approximate surface area is 78.8 Å². The first kappa shape index (κ1) is 8.51. The molecular weight excluding hydrogens is 162 g/mol. The van der Waals surface area contributed by atoms with Gasteiger partial charge in [0.05, 0.1) is 0 Å². The van der Waals surface area contributed by atoms with Crippen LogP contribution < -0.4 is 10.2 Å². The van der Waals surface area contributed by atoms with E-state index in [9.17, 15) is 0 Å². The predicted octanol–water partition coefficient (Wildman–Crippen LogP) is 0.880. The zero-order valence-electron chi connectivity index (χ0n) is 7.90. The molecule has 0 aliphatic carbocycles. The number of aromatic nitrogens is 1. The van der Waals surface area contributed by atoms with E-state index in [1.54, 1.807) is 0 Å². The Kier molecular flexibility index (Phi) is 2.45. The zero-order valence-corrected chi connectivity index (χ0v) is 7.90. The standard InChI is InChI=1S/C10H15N3/c1-9-8-13(7-6-12-9)10-2-4-11-5-3-10/h2-5,9,12H,6-8H2,1H3/t9-/m1/s1. The minimum atomic E-state index is 0.585. The number of hydrogen-bond acceptors (Lipinski definition) is 3. The number of hydrogen-bond donors (Lipinski definition) is 1. The number of rotatable bonds is 1. The fourth-order valence-electron chi connectivity index (χ4n) is 1.72. The minimum Gasteiger partial charge on any atom is -0.369 e. The summed E-state index contributed by atoms with van der Waals surface area (Å²) in [6.45, 7) is 5.47. The molecule has 13 heavy (non-hydrogen) atoms. The van der Waals surface area contributed by atoms with Crippen LogP contribution in [0.2, 0.25) is 0 Å². The van der Waals surface area contributed by atoms with Crippen molar-refractivity contribution >= 4 is 5.69 Å². The van der Waals surface area contributed by atoms with Crippen LogP contribution in [0.15, 0.2) is 24.5 Å². The molecule has 1 N–H and O–H groups in total. The second-order valence-electron chi connectivity index (χ2n) is 3.51. The van der Waals surface area contributed by atoms with Gasteiger partial charge < -0.3 is 10.2 Å². The number of piperazine rings is 1. The van der Waals surface area contributed by atoms with Gasteiger partial charge in [-0.1, -0.05) is 0 Å². The van der Waals surface area contributed by atoms with Crippen molar-refractivity contribution in [1.29, 1.82) is 0 Å². The van der Waals surface area contributed by atoms with Crippen LogP contribution in [0, 0.1) is 0 Å². The van der Waals surface area contributed by atoms with E-state index in [2.05, 4.69) is 34.3 Å². The fraction of sp³-hybridized carbons (Fsp3) is 0.500. The second-order valence-corrected chi connectivity index (χ2v) is 3.51. The molecule has 0 aromatic carbocycles. The lowest BCUT2D eigenvalue weighted by molar-refractivity contribution is 0.485. The van der Waals surface area contributed by atoms with Crippen molar-refractivity contribution < 1.29 is 0 Å². The number of nitrogens with zero attached hydrogens (tertiary/aromatic N) is 2. The molecule has 1 aliphatic heterocycles. The van der Waals surface area contributed by atoms with Crippen LogP contribution in [0.3, 0.4) is 0 Å². The lowest BCUT2D eigenvalue weighted by Gasteiger charge is -2.33. The molecule has 1 aromatic heterocycles. The van der Waals surface area contributed by atoms with Crippen LogP contribution in [0.1, 0.15) is 6.92 Å². The topological polar surface area (TPSA) is 28.2 Å². The summed E-state index contributed by atoms with van der Waals surface area (Å²) in [7, 11) is 0. The summed E-state index contributed by atoms with van der Waals surface area (Å²) in [6, 6.07) is 4.72. The molecule has 0 unspecified atom stereocenters. The summed E-state index contributed by atoms with van der Waals surface area (Å²) < 4.78 is 0. The molecule has 3 nitrogen and oxygen atoms in total. The molecular formula is C10H15N3. The highest BCUT2D eigenvalue weighted by Crippen LogP contribution is 2.13. The quantitative estimate of drug-likeness (QED) is 0.690. The van der Waals surface area contributed by atoms with Gasteiger partial charge in [0.2, 0.25) is 0 Å². The van der Waals surface area contributed by atoms with Gasteiger partial charge in [-0.25, -0.2) is 0 Å². The predicted molar refractivity (Wildman–Crippen MR) is 53.9 cm³/mol. The third kappa shape index (κ3) is 1.98. The average molecular weight is 177 g/mol. The molecule has 2 heterocycles. The second kappa shape index (κ2) is 3.75. The largest absolute Gasteiger partial charge is 0.369 e. The van der Waals surface area contributed by atoms with Crippen molar-refractivity contribution in [3.05, 3.63) is 24.5 Å². The Balaban J connectivity index is 2.08. The first-order valence-corrected chi connectivity index (χ1v) is 4.74. The normalized spacial score (nSPS) is 23.2. The van der Waals surface area contributed by atoms with Crippen LogP contribution in [0.4, 0.5) is 5.69 Å². The summed E-state index contributed by atoms with van der Waals surface area (Å²) >= 11 is 0. The summed E-state index contributed by atoms with van der Waals surface area (Å²) in [6.07, 6.45) is 3.70. The molecule has 1 atom stereocenters. The van der Waals surface area contributed by atoms with E-state index in [0.29, 0.717) is 6.04 Å². The molecule has 1 saturated heterocycles. The van der Waals surface area contributed by atoms with Crippen molar-refractivity contribution in [2.75, 3.05) is 24.5 Å². The molecule has 2 rings (SSSR count). The van der Waals surface area contributed by atoms with Crippen LogP contribution in [-0.2, 0) is 0 Å². The zero-order chi connectivity index (χ0) is 9.10. The Morgan fingerprint density at radius 2 is 2.23 bits per heavy atom. The molecule has 3 heteroatoms. The van der Waals surface area contributed by atoms with Crippen molar-refractivity contribution in [2.24, 2.45) is 0 Å². The molecule has 0 radical (unpaired) electrons. The molecule has 0 saturated carbocycles. The SMILES string of the molecule is C[C@@H]1CN(c2ccncc2)CCN1. The van der Waals surface area contributed by atoms with Gasteiger partial charge in [-0.05, 0) is 19.1 Å². The summed E-state index contributed by atoms with van der Waals surface area (Å²) in [5, 5.41) is 3.42. The number of nitrogens with one attached hydrogen (secondary N) is 1. The van der Waals surface area contributed by atoms with Crippen molar-refractivity contribution in [3.63, 3.8) is 0 Å². The molecule has 0 spiro atoms. The van der Waals surface area contributed by atoms with Crippen LogP contribution in [0.5, 0.6) is 0 Å². The number of anilines is 1. The van der Waals surface area contributed by atoms with Crippen molar-refractivity contribution in [1.82, 2.24) is 10.3 Å². The van der Waals surface area contributed by atoms with Gasteiger partial charge in [0.1, 0.15) is 0 Å². The highest BCUT2D eigenvalue weighted by atomic mass is 15.2. The third-order valence-corrected chi connectivity index (χ3v) is 2.40. The van der Waals surface area contributed by atoms with Gasteiger partial charge in [0.25, 0.3) is 0 Å². The summed E-state index contributed by atoms with van der Waals surface area (Å²) in [5.41, 5.74) is 1.28. The lowest BCUT2D eigenvalue weighted by atomic mass is 10.2. The molecule has 0 bridgehead atoms. The molecule has 1 fully saturated rings. The molecule has 1 aliphatic rings. The Bertz CT molecular complexity index is 260. The van der Waals surface area contributed by atoms with E-state index in [1.165, 1.54) is 5.69 Å². The first-order chi connectivity index (χ1) is 6.36. The van der Waals surface area contributed by atoms with Gasteiger partial charge in [0, 0.05) is 43.8 Å².